The molecule has 118 valence electrons. The van der Waals surface area contributed by atoms with Gasteiger partial charge in [0, 0.05) is 12.6 Å². The molecular weight excluding hydrogens is 285 g/mol. The molecule has 3 rings (SSSR count). The fraction of sp³-hybridized carbons (Fsp3) is 0.412. The van der Waals surface area contributed by atoms with Crippen molar-refractivity contribution < 1.29 is 19.0 Å². The van der Waals surface area contributed by atoms with Gasteiger partial charge in [-0.1, -0.05) is 12.1 Å². The van der Waals surface area contributed by atoms with E-state index in [-0.39, 0.29) is 12.4 Å². The van der Waals surface area contributed by atoms with E-state index in [9.17, 15) is 9.50 Å². The maximum atomic E-state index is 12.9. The highest BCUT2D eigenvalue weighted by Gasteiger charge is 2.31. The van der Waals surface area contributed by atoms with Gasteiger partial charge >= 0.3 is 0 Å². The summed E-state index contributed by atoms with van der Waals surface area (Å²) < 4.78 is 18.5. The van der Waals surface area contributed by atoms with Crippen LogP contribution in [0.4, 0.5) is 4.39 Å². The van der Waals surface area contributed by atoms with Crippen molar-refractivity contribution in [3.05, 3.63) is 59.3 Å². The molecule has 5 heteroatoms. The highest BCUT2D eigenvalue weighted by atomic mass is 19.1. The Labute approximate surface area is 128 Å². The van der Waals surface area contributed by atoms with Crippen molar-refractivity contribution in [3.63, 3.8) is 0 Å². The highest BCUT2D eigenvalue weighted by Crippen LogP contribution is 2.30. The summed E-state index contributed by atoms with van der Waals surface area (Å²) >= 11 is 0. The van der Waals surface area contributed by atoms with Crippen molar-refractivity contribution in [2.24, 2.45) is 0 Å². The number of benzene rings is 1. The zero-order chi connectivity index (χ0) is 15.5. The van der Waals surface area contributed by atoms with Gasteiger partial charge < -0.3 is 14.6 Å². The van der Waals surface area contributed by atoms with Gasteiger partial charge in [-0.3, -0.25) is 4.90 Å². The van der Waals surface area contributed by atoms with Crippen LogP contribution in [0.25, 0.3) is 0 Å². The van der Waals surface area contributed by atoms with E-state index >= 15 is 0 Å². The molecule has 1 heterocycles. The number of aliphatic hydroxyl groups is 2. The lowest BCUT2D eigenvalue weighted by Gasteiger charge is -2.24. The molecule has 1 aromatic heterocycles. The van der Waals surface area contributed by atoms with Gasteiger partial charge in [0.2, 0.25) is 0 Å². The van der Waals surface area contributed by atoms with Crippen LogP contribution >= 0.6 is 0 Å². The maximum absolute atomic E-state index is 12.9. The predicted octanol–water partition coefficient (Wildman–Crippen LogP) is 2.61. The zero-order valence-corrected chi connectivity index (χ0v) is 12.3. The zero-order valence-electron chi connectivity index (χ0n) is 12.3. The second-order valence-corrected chi connectivity index (χ2v) is 5.75. The van der Waals surface area contributed by atoms with Gasteiger partial charge in [0.15, 0.2) is 0 Å². The van der Waals surface area contributed by atoms with Gasteiger partial charge in [-0.05, 0) is 42.7 Å². The van der Waals surface area contributed by atoms with E-state index < -0.39 is 6.10 Å². The topological polar surface area (TPSA) is 56.8 Å². The van der Waals surface area contributed by atoms with Crippen molar-refractivity contribution in [1.82, 2.24) is 4.90 Å². The monoisotopic (exact) mass is 305 g/mol. The van der Waals surface area contributed by atoms with E-state index in [0.29, 0.717) is 30.5 Å². The smallest absolute Gasteiger partial charge is 0.129 e. The molecule has 22 heavy (non-hydrogen) atoms. The van der Waals surface area contributed by atoms with Gasteiger partial charge in [-0.25, -0.2) is 4.39 Å². The summed E-state index contributed by atoms with van der Waals surface area (Å²) in [6, 6.07) is 10.0. The molecule has 1 aliphatic rings. The summed E-state index contributed by atoms with van der Waals surface area (Å²) in [4.78, 5) is 2.17. The summed E-state index contributed by atoms with van der Waals surface area (Å²) in [5.74, 6) is 1.02. The molecule has 0 saturated heterocycles. The number of aliphatic hydroxyl groups excluding tert-OH is 2. The molecule has 1 unspecified atom stereocenters. The minimum absolute atomic E-state index is 0.109. The van der Waals surface area contributed by atoms with Crippen molar-refractivity contribution in [3.8, 4) is 0 Å². The molecule has 2 aromatic rings. The molecule has 0 aliphatic heterocycles. The van der Waals surface area contributed by atoms with Crippen molar-refractivity contribution in [2.45, 2.75) is 38.1 Å². The fourth-order valence-corrected chi connectivity index (χ4v) is 2.59. The molecule has 2 N–H and O–H groups in total. The van der Waals surface area contributed by atoms with Gasteiger partial charge in [-0.2, -0.15) is 0 Å². The standard InChI is InChI=1S/C17H20FNO3/c18-13-3-1-12(2-4-13)17(21)10-19(14-5-6-14)9-15-7-8-16(11-20)22-15/h1-4,7-8,14,17,20-21H,5-6,9-11H2. The average Bonchev–Trinajstić information content (AvgIpc) is 3.27. The summed E-state index contributed by atoms with van der Waals surface area (Å²) in [6.07, 6.45) is 1.57. The van der Waals surface area contributed by atoms with Crippen molar-refractivity contribution in [2.75, 3.05) is 6.54 Å². The maximum Gasteiger partial charge on any atom is 0.129 e. The average molecular weight is 305 g/mol. The molecule has 4 nitrogen and oxygen atoms in total. The van der Waals surface area contributed by atoms with Crippen LogP contribution in [0, 0.1) is 5.82 Å². The quantitative estimate of drug-likeness (QED) is 0.825. The van der Waals surface area contributed by atoms with Crippen LogP contribution in [0.5, 0.6) is 0 Å². The van der Waals surface area contributed by atoms with Crippen LogP contribution in [-0.4, -0.2) is 27.7 Å². The van der Waals surface area contributed by atoms with Gasteiger partial charge in [0.1, 0.15) is 23.9 Å². The van der Waals surface area contributed by atoms with E-state index in [0.717, 1.165) is 18.6 Å². The molecule has 1 fully saturated rings. The Balaban J connectivity index is 1.65. The van der Waals surface area contributed by atoms with E-state index in [1.165, 1.54) is 12.1 Å². The molecule has 0 radical (unpaired) electrons. The minimum atomic E-state index is -0.659. The minimum Gasteiger partial charge on any atom is -0.462 e. The Morgan fingerprint density at radius 2 is 1.82 bits per heavy atom. The lowest BCUT2D eigenvalue weighted by atomic mass is 10.1. The number of furan rings is 1. The van der Waals surface area contributed by atoms with Crippen LogP contribution < -0.4 is 0 Å². The number of nitrogens with zero attached hydrogens (tertiary/aromatic N) is 1. The third-order valence-corrected chi connectivity index (χ3v) is 3.96. The second-order valence-electron chi connectivity index (χ2n) is 5.75. The first kappa shape index (κ1) is 15.2. The molecule has 0 amide bonds. The number of rotatable bonds is 7. The molecule has 1 aliphatic carbocycles. The largest absolute Gasteiger partial charge is 0.462 e. The second kappa shape index (κ2) is 6.60. The van der Waals surface area contributed by atoms with Crippen LogP contribution in [0.1, 0.15) is 36.0 Å². The Bertz CT molecular complexity index is 607. The number of halogens is 1. The van der Waals surface area contributed by atoms with E-state index in [4.69, 9.17) is 9.52 Å². The predicted molar refractivity (Wildman–Crippen MR) is 79.4 cm³/mol. The number of hydrogen-bond donors (Lipinski definition) is 2. The van der Waals surface area contributed by atoms with Crippen molar-refractivity contribution >= 4 is 0 Å². The molecular formula is C17H20FNO3. The van der Waals surface area contributed by atoms with Gasteiger partial charge in [0.05, 0.1) is 12.6 Å². The third-order valence-electron chi connectivity index (χ3n) is 3.96. The van der Waals surface area contributed by atoms with E-state index in [2.05, 4.69) is 4.90 Å². The van der Waals surface area contributed by atoms with Gasteiger partial charge in [-0.15, -0.1) is 0 Å². The summed E-state index contributed by atoms with van der Waals surface area (Å²) in [6.45, 7) is 0.968. The summed E-state index contributed by atoms with van der Waals surface area (Å²) in [5, 5.41) is 19.4. The summed E-state index contributed by atoms with van der Waals surface area (Å²) in [7, 11) is 0. The molecule has 1 saturated carbocycles. The fourth-order valence-electron chi connectivity index (χ4n) is 2.59. The first-order valence-corrected chi connectivity index (χ1v) is 7.51. The lowest BCUT2D eigenvalue weighted by Crippen LogP contribution is -2.30. The normalized spacial score (nSPS) is 16.2. The first-order valence-electron chi connectivity index (χ1n) is 7.51. The van der Waals surface area contributed by atoms with E-state index in [1.54, 1.807) is 18.2 Å². The lowest BCUT2D eigenvalue weighted by molar-refractivity contribution is 0.0990. The molecule has 1 aromatic carbocycles. The third kappa shape index (κ3) is 3.74. The van der Waals surface area contributed by atoms with Crippen LogP contribution in [0.3, 0.4) is 0 Å². The van der Waals surface area contributed by atoms with Crippen LogP contribution in [0.2, 0.25) is 0 Å². The first-order chi connectivity index (χ1) is 10.7. The van der Waals surface area contributed by atoms with E-state index in [1.807, 2.05) is 6.07 Å². The molecule has 1 atom stereocenters. The molecule has 0 spiro atoms. The van der Waals surface area contributed by atoms with Crippen molar-refractivity contribution in [1.29, 1.82) is 0 Å². The van der Waals surface area contributed by atoms with Crippen LogP contribution in [0.15, 0.2) is 40.8 Å². The number of hydrogen-bond acceptors (Lipinski definition) is 4. The Morgan fingerprint density at radius 1 is 1.14 bits per heavy atom. The summed E-state index contributed by atoms with van der Waals surface area (Å²) in [5.41, 5.74) is 0.711. The molecule has 0 bridgehead atoms. The van der Waals surface area contributed by atoms with Crippen LogP contribution in [-0.2, 0) is 13.2 Å². The SMILES string of the molecule is OCc1ccc(CN(CC(O)c2ccc(F)cc2)C2CC2)o1. The highest BCUT2D eigenvalue weighted by molar-refractivity contribution is 5.19. The Hall–Kier alpha value is -1.69. The Kier molecular flexibility index (Phi) is 4.57. The van der Waals surface area contributed by atoms with Gasteiger partial charge in [0.25, 0.3) is 0 Å². The Morgan fingerprint density at radius 3 is 2.41 bits per heavy atom.